The molecule has 0 aliphatic carbocycles. The van der Waals surface area contributed by atoms with Crippen molar-refractivity contribution < 1.29 is 18.0 Å². The number of hydrogen-bond donors (Lipinski definition) is 2. The minimum Gasteiger partial charge on any atom is -0.361 e. The van der Waals surface area contributed by atoms with E-state index in [1.165, 1.54) is 6.07 Å². The number of halogens is 5. The van der Waals surface area contributed by atoms with Crippen molar-refractivity contribution in [2.45, 2.75) is 24.9 Å². The minimum absolute atomic E-state index is 0.00247. The lowest BCUT2D eigenvalue weighted by Crippen LogP contribution is -2.27. The standard InChI is InChI=1S/C26H21Cl2F3N2O/c27-19-9-8-16(23(28)13-19)10-11-32-25(34)14-21(17-4-3-5-18(12-17)26(29,30)31)22-15-33-24-7-2-1-6-20(22)24/h1-9,12-13,15,21,33H,10-11,14H2,(H,32,34). The third kappa shape index (κ3) is 5.57. The molecule has 4 rings (SSSR count). The monoisotopic (exact) mass is 504 g/mol. The first kappa shape index (κ1) is 24.2. The van der Waals surface area contributed by atoms with Crippen molar-refractivity contribution in [3.8, 4) is 0 Å². The number of carbonyl (C=O) groups is 1. The second kappa shape index (κ2) is 10.1. The van der Waals surface area contributed by atoms with Crippen LogP contribution < -0.4 is 5.32 Å². The van der Waals surface area contributed by atoms with Gasteiger partial charge in [0.25, 0.3) is 0 Å². The Morgan fingerprint density at radius 3 is 2.56 bits per heavy atom. The maximum Gasteiger partial charge on any atom is 0.416 e. The number of amides is 1. The molecule has 0 aliphatic heterocycles. The van der Waals surface area contributed by atoms with Gasteiger partial charge in [0, 0.05) is 46.0 Å². The summed E-state index contributed by atoms with van der Waals surface area (Å²) < 4.78 is 40.1. The van der Waals surface area contributed by atoms with Gasteiger partial charge in [-0.2, -0.15) is 13.2 Å². The van der Waals surface area contributed by atoms with Crippen LogP contribution in [0.15, 0.2) is 72.9 Å². The van der Waals surface area contributed by atoms with E-state index in [1.54, 1.807) is 30.5 Å². The third-order valence-electron chi connectivity index (χ3n) is 5.73. The Morgan fingerprint density at radius 2 is 1.79 bits per heavy atom. The summed E-state index contributed by atoms with van der Waals surface area (Å²) in [5, 5.41) is 4.78. The highest BCUT2D eigenvalue weighted by Crippen LogP contribution is 2.36. The molecule has 0 spiro atoms. The molecule has 34 heavy (non-hydrogen) atoms. The molecule has 1 amide bonds. The molecule has 1 atom stereocenters. The summed E-state index contributed by atoms with van der Waals surface area (Å²) in [6.45, 7) is 0.337. The van der Waals surface area contributed by atoms with Gasteiger partial charge in [-0.1, -0.05) is 65.7 Å². The SMILES string of the molecule is O=C(CC(c1cccc(C(F)(F)F)c1)c1c[nH]c2ccccc12)NCCc1ccc(Cl)cc1Cl. The predicted molar refractivity (Wildman–Crippen MR) is 129 cm³/mol. The molecule has 1 unspecified atom stereocenters. The van der Waals surface area contributed by atoms with Gasteiger partial charge in [0.05, 0.1) is 5.56 Å². The lowest BCUT2D eigenvalue weighted by Gasteiger charge is -2.19. The van der Waals surface area contributed by atoms with Gasteiger partial charge in [-0.3, -0.25) is 4.79 Å². The molecular formula is C26H21Cl2F3N2O. The van der Waals surface area contributed by atoms with Crippen LogP contribution in [0.2, 0.25) is 10.0 Å². The van der Waals surface area contributed by atoms with Crippen LogP contribution in [0.25, 0.3) is 10.9 Å². The van der Waals surface area contributed by atoms with E-state index in [4.69, 9.17) is 23.2 Å². The quantitative estimate of drug-likeness (QED) is 0.271. The molecule has 1 aromatic heterocycles. The Kier molecular flexibility index (Phi) is 7.19. The van der Waals surface area contributed by atoms with E-state index in [9.17, 15) is 18.0 Å². The molecule has 4 aromatic rings. The van der Waals surface area contributed by atoms with Crippen LogP contribution in [-0.2, 0) is 17.4 Å². The number of nitrogens with one attached hydrogen (secondary N) is 2. The second-order valence-electron chi connectivity index (χ2n) is 8.01. The van der Waals surface area contributed by atoms with Crippen molar-refractivity contribution in [3.63, 3.8) is 0 Å². The average Bonchev–Trinajstić information content (AvgIpc) is 3.22. The Hall–Kier alpha value is -2.96. The molecule has 0 aliphatic rings. The van der Waals surface area contributed by atoms with Crippen molar-refractivity contribution >= 4 is 40.0 Å². The van der Waals surface area contributed by atoms with Gasteiger partial charge in [0.2, 0.25) is 5.91 Å². The Labute approximate surface area is 204 Å². The molecule has 0 saturated heterocycles. The molecule has 3 aromatic carbocycles. The van der Waals surface area contributed by atoms with E-state index in [2.05, 4.69) is 10.3 Å². The molecule has 176 valence electrons. The number of H-pyrrole nitrogens is 1. The van der Waals surface area contributed by atoms with E-state index in [0.29, 0.717) is 28.6 Å². The van der Waals surface area contributed by atoms with Gasteiger partial charge in [-0.25, -0.2) is 0 Å². The summed E-state index contributed by atoms with van der Waals surface area (Å²) in [4.78, 5) is 16.0. The van der Waals surface area contributed by atoms with Gasteiger partial charge in [-0.05, 0) is 47.4 Å². The van der Waals surface area contributed by atoms with Gasteiger partial charge in [0.15, 0.2) is 0 Å². The number of benzene rings is 3. The van der Waals surface area contributed by atoms with Crippen molar-refractivity contribution in [3.05, 3.63) is 105 Å². The maximum atomic E-state index is 13.4. The van der Waals surface area contributed by atoms with E-state index in [1.807, 2.05) is 24.3 Å². The number of hydrogen-bond acceptors (Lipinski definition) is 1. The Balaban J connectivity index is 1.57. The van der Waals surface area contributed by atoms with Gasteiger partial charge >= 0.3 is 6.18 Å². The van der Waals surface area contributed by atoms with Crippen LogP contribution in [0.4, 0.5) is 13.2 Å². The molecule has 2 N–H and O–H groups in total. The van der Waals surface area contributed by atoms with Gasteiger partial charge in [-0.15, -0.1) is 0 Å². The van der Waals surface area contributed by atoms with E-state index >= 15 is 0 Å². The topological polar surface area (TPSA) is 44.9 Å². The number of para-hydroxylation sites is 1. The van der Waals surface area contributed by atoms with Crippen LogP contribution in [-0.4, -0.2) is 17.4 Å². The van der Waals surface area contributed by atoms with Crippen molar-refractivity contribution in [2.75, 3.05) is 6.54 Å². The van der Waals surface area contributed by atoms with E-state index in [-0.39, 0.29) is 12.3 Å². The van der Waals surface area contributed by atoms with Gasteiger partial charge < -0.3 is 10.3 Å². The first-order valence-electron chi connectivity index (χ1n) is 10.7. The molecule has 0 fully saturated rings. The molecule has 0 bridgehead atoms. The molecule has 1 heterocycles. The number of rotatable bonds is 7. The first-order valence-corrected chi connectivity index (χ1v) is 11.4. The summed E-state index contributed by atoms with van der Waals surface area (Å²) in [7, 11) is 0. The normalized spacial score (nSPS) is 12.6. The second-order valence-corrected chi connectivity index (χ2v) is 8.85. The molecule has 0 saturated carbocycles. The number of fused-ring (bicyclic) bond motifs is 1. The highest BCUT2D eigenvalue weighted by Gasteiger charge is 2.31. The average molecular weight is 505 g/mol. The van der Waals surface area contributed by atoms with Crippen LogP contribution in [0.1, 0.15) is 34.6 Å². The van der Waals surface area contributed by atoms with Crippen molar-refractivity contribution in [2.24, 2.45) is 0 Å². The van der Waals surface area contributed by atoms with Crippen LogP contribution in [0.5, 0.6) is 0 Å². The van der Waals surface area contributed by atoms with Crippen molar-refractivity contribution in [1.82, 2.24) is 10.3 Å². The Morgan fingerprint density at radius 1 is 1.00 bits per heavy atom. The fraction of sp³-hybridized carbons (Fsp3) is 0.192. The molecule has 3 nitrogen and oxygen atoms in total. The summed E-state index contributed by atoms with van der Waals surface area (Å²) in [6, 6.07) is 17.8. The zero-order valence-corrected chi connectivity index (χ0v) is 19.4. The molecule has 8 heteroatoms. The lowest BCUT2D eigenvalue weighted by atomic mass is 9.87. The fourth-order valence-corrected chi connectivity index (χ4v) is 4.54. The van der Waals surface area contributed by atoms with E-state index < -0.39 is 17.7 Å². The predicted octanol–water partition coefficient (Wildman–Crippen LogP) is 7.37. The van der Waals surface area contributed by atoms with Crippen LogP contribution in [0.3, 0.4) is 0 Å². The maximum absolute atomic E-state index is 13.4. The summed E-state index contributed by atoms with van der Waals surface area (Å²) in [6.07, 6.45) is -2.21. The fourth-order valence-electron chi connectivity index (χ4n) is 4.04. The number of aromatic amines is 1. The first-order chi connectivity index (χ1) is 16.2. The summed E-state index contributed by atoms with van der Waals surface area (Å²) in [5.74, 6) is -0.824. The third-order valence-corrected chi connectivity index (χ3v) is 6.32. The summed E-state index contributed by atoms with van der Waals surface area (Å²) in [5.41, 5.74) is 2.15. The highest BCUT2D eigenvalue weighted by molar-refractivity contribution is 6.35. The zero-order chi connectivity index (χ0) is 24.3. The molecular weight excluding hydrogens is 484 g/mol. The largest absolute Gasteiger partial charge is 0.416 e. The Bertz CT molecular complexity index is 1320. The lowest BCUT2D eigenvalue weighted by molar-refractivity contribution is -0.137. The zero-order valence-electron chi connectivity index (χ0n) is 17.9. The van der Waals surface area contributed by atoms with Crippen LogP contribution in [0, 0.1) is 0 Å². The number of alkyl halides is 3. The minimum atomic E-state index is -4.47. The van der Waals surface area contributed by atoms with Gasteiger partial charge in [0.1, 0.15) is 0 Å². The van der Waals surface area contributed by atoms with E-state index in [0.717, 1.165) is 34.2 Å². The number of carbonyl (C=O) groups excluding carboxylic acids is 1. The number of aromatic nitrogens is 1. The smallest absolute Gasteiger partial charge is 0.361 e. The van der Waals surface area contributed by atoms with Crippen LogP contribution >= 0.6 is 23.2 Å². The van der Waals surface area contributed by atoms with Crippen molar-refractivity contribution in [1.29, 1.82) is 0 Å². The summed E-state index contributed by atoms with van der Waals surface area (Å²) >= 11 is 12.1. The molecule has 0 radical (unpaired) electrons. The highest BCUT2D eigenvalue weighted by atomic mass is 35.5.